The number of sulfone groups is 1. The van der Waals surface area contributed by atoms with Crippen LogP contribution in [-0.4, -0.2) is 20.7 Å². The second-order valence-corrected chi connectivity index (χ2v) is 5.78. The van der Waals surface area contributed by atoms with Gasteiger partial charge < -0.3 is 5.73 Å². The molecule has 0 bridgehead atoms. The Morgan fingerprint density at radius 3 is 2.38 bits per heavy atom. The van der Waals surface area contributed by atoms with Gasteiger partial charge in [0.25, 0.3) is 0 Å². The van der Waals surface area contributed by atoms with Crippen LogP contribution < -0.4 is 5.73 Å². The molecule has 0 aliphatic rings. The molecule has 0 spiro atoms. The van der Waals surface area contributed by atoms with Crippen molar-refractivity contribution in [3.05, 3.63) is 29.3 Å². The number of benzene rings is 1. The van der Waals surface area contributed by atoms with Crippen molar-refractivity contribution in [2.75, 3.05) is 6.26 Å². The molecule has 0 amide bonds. The summed E-state index contributed by atoms with van der Waals surface area (Å²) in [7, 11) is -3.69. The van der Waals surface area contributed by atoms with Gasteiger partial charge in [-0.15, -0.1) is 0 Å². The minimum absolute atomic E-state index is 0.0406. The molecule has 1 atom stereocenters. The van der Waals surface area contributed by atoms with E-state index in [0.29, 0.717) is 0 Å². The summed E-state index contributed by atoms with van der Waals surface area (Å²) in [6, 6.07) is 1.42. The maximum absolute atomic E-state index is 13.7. The Morgan fingerprint density at radius 1 is 1.38 bits per heavy atom. The van der Waals surface area contributed by atoms with Crippen LogP contribution in [0.1, 0.15) is 12.5 Å². The standard InChI is InChI=1S/C10H13F2NO2S/c1-6(13)5-7-8(11)3-4-9(10(7)12)16(2,14)15/h3-4,6H,5,13H2,1-2H3. The number of hydrogen-bond acceptors (Lipinski definition) is 3. The van der Waals surface area contributed by atoms with Gasteiger partial charge >= 0.3 is 0 Å². The zero-order valence-electron chi connectivity index (χ0n) is 9.00. The van der Waals surface area contributed by atoms with E-state index in [-0.39, 0.29) is 12.0 Å². The molecule has 1 rings (SSSR count). The molecule has 0 aliphatic carbocycles. The minimum Gasteiger partial charge on any atom is -0.328 e. The summed E-state index contributed by atoms with van der Waals surface area (Å²) >= 11 is 0. The second-order valence-electron chi connectivity index (χ2n) is 3.79. The molecule has 0 saturated heterocycles. The van der Waals surface area contributed by atoms with Crippen LogP contribution in [0, 0.1) is 11.6 Å². The van der Waals surface area contributed by atoms with E-state index in [2.05, 4.69) is 0 Å². The van der Waals surface area contributed by atoms with Gasteiger partial charge in [-0.05, 0) is 25.5 Å². The minimum atomic E-state index is -3.69. The van der Waals surface area contributed by atoms with Gasteiger partial charge in [-0.3, -0.25) is 0 Å². The molecule has 0 saturated carbocycles. The average Bonchev–Trinajstić information content (AvgIpc) is 2.09. The Hall–Kier alpha value is -1.01. The number of nitrogens with two attached hydrogens (primary N) is 1. The summed E-state index contributed by atoms with van der Waals surface area (Å²) in [5.74, 6) is -1.82. The maximum atomic E-state index is 13.7. The molecule has 3 nitrogen and oxygen atoms in total. The van der Waals surface area contributed by atoms with Crippen molar-refractivity contribution in [2.24, 2.45) is 5.73 Å². The predicted molar refractivity (Wildman–Crippen MR) is 56.8 cm³/mol. The van der Waals surface area contributed by atoms with Crippen molar-refractivity contribution in [1.29, 1.82) is 0 Å². The first-order chi connectivity index (χ1) is 7.23. The summed E-state index contributed by atoms with van der Waals surface area (Å²) in [4.78, 5) is -0.496. The largest absolute Gasteiger partial charge is 0.328 e. The lowest BCUT2D eigenvalue weighted by atomic mass is 10.1. The Morgan fingerprint density at radius 2 is 1.94 bits per heavy atom. The van der Waals surface area contributed by atoms with E-state index in [9.17, 15) is 17.2 Å². The van der Waals surface area contributed by atoms with Crippen molar-refractivity contribution < 1.29 is 17.2 Å². The number of halogens is 2. The fourth-order valence-corrected chi connectivity index (χ4v) is 2.14. The molecule has 1 aromatic rings. The second kappa shape index (κ2) is 4.47. The Kier molecular flexibility index (Phi) is 3.64. The molecular weight excluding hydrogens is 236 g/mol. The van der Waals surface area contributed by atoms with Crippen LogP contribution in [0.2, 0.25) is 0 Å². The first-order valence-electron chi connectivity index (χ1n) is 4.66. The van der Waals surface area contributed by atoms with Crippen molar-refractivity contribution in [3.63, 3.8) is 0 Å². The first-order valence-corrected chi connectivity index (χ1v) is 6.55. The summed E-state index contributed by atoms with van der Waals surface area (Å²) in [6.45, 7) is 1.59. The maximum Gasteiger partial charge on any atom is 0.178 e. The highest BCUT2D eigenvalue weighted by molar-refractivity contribution is 7.90. The van der Waals surface area contributed by atoms with Gasteiger partial charge in [0.15, 0.2) is 9.84 Å². The molecule has 2 N–H and O–H groups in total. The summed E-state index contributed by atoms with van der Waals surface area (Å²) in [5.41, 5.74) is 5.16. The SMILES string of the molecule is CC(N)Cc1c(F)ccc(S(C)(=O)=O)c1F. The fraction of sp³-hybridized carbons (Fsp3) is 0.400. The lowest BCUT2D eigenvalue weighted by Gasteiger charge is -2.10. The Bertz CT molecular complexity index is 498. The highest BCUT2D eigenvalue weighted by Gasteiger charge is 2.20. The molecule has 0 aromatic heterocycles. The molecular formula is C10H13F2NO2S. The third-order valence-corrected chi connectivity index (χ3v) is 3.19. The van der Waals surface area contributed by atoms with E-state index in [1.807, 2.05) is 0 Å². The van der Waals surface area contributed by atoms with Crippen LogP contribution in [0.15, 0.2) is 17.0 Å². The molecule has 90 valence electrons. The van der Waals surface area contributed by atoms with Gasteiger partial charge in [0.2, 0.25) is 0 Å². The van der Waals surface area contributed by atoms with Crippen LogP contribution in [-0.2, 0) is 16.3 Å². The van der Waals surface area contributed by atoms with E-state index < -0.39 is 32.4 Å². The van der Waals surface area contributed by atoms with Crippen molar-refractivity contribution in [1.82, 2.24) is 0 Å². The molecule has 0 heterocycles. The zero-order chi connectivity index (χ0) is 12.5. The van der Waals surface area contributed by atoms with E-state index >= 15 is 0 Å². The third-order valence-electron chi connectivity index (χ3n) is 2.08. The molecule has 0 fully saturated rings. The van der Waals surface area contributed by atoms with Gasteiger partial charge in [-0.2, -0.15) is 0 Å². The molecule has 1 unspecified atom stereocenters. The van der Waals surface area contributed by atoms with Crippen molar-refractivity contribution in [2.45, 2.75) is 24.3 Å². The summed E-state index contributed by atoms with van der Waals surface area (Å²) in [5, 5.41) is 0. The monoisotopic (exact) mass is 249 g/mol. The summed E-state index contributed by atoms with van der Waals surface area (Å²) < 4.78 is 49.4. The van der Waals surface area contributed by atoms with Crippen LogP contribution in [0.4, 0.5) is 8.78 Å². The van der Waals surface area contributed by atoms with E-state index in [0.717, 1.165) is 18.4 Å². The van der Waals surface area contributed by atoms with Crippen LogP contribution in [0.25, 0.3) is 0 Å². The van der Waals surface area contributed by atoms with Crippen molar-refractivity contribution >= 4 is 9.84 Å². The normalized spacial score (nSPS) is 13.8. The highest BCUT2D eigenvalue weighted by atomic mass is 32.2. The third kappa shape index (κ3) is 2.76. The topological polar surface area (TPSA) is 60.2 Å². The van der Waals surface area contributed by atoms with Gasteiger partial charge in [-0.1, -0.05) is 0 Å². The van der Waals surface area contributed by atoms with Crippen LogP contribution in [0.5, 0.6) is 0 Å². The van der Waals surface area contributed by atoms with E-state index in [4.69, 9.17) is 5.73 Å². The Labute approximate surface area is 93.2 Å². The predicted octanol–water partition coefficient (Wildman–Crippen LogP) is 1.26. The smallest absolute Gasteiger partial charge is 0.178 e. The van der Waals surface area contributed by atoms with Gasteiger partial charge in [0.05, 0.1) is 0 Å². The van der Waals surface area contributed by atoms with Gasteiger partial charge in [0.1, 0.15) is 16.5 Å². The lowest BCUT2D eigenvalue weighted by Crippen LogP contribution is -2.20. The highest BCUT2D eigenvalue weighted by Crippen LogP contribution is 2.21. The first kappa shape index (κ1) is 13.1. The van der Waals surface area contributed by atoms with Crippen LogP contribution in [0.3, 0.4) is 0 Å². The van der Waals surface area contributed by atoms with Gasteiger partial charge in [0, 0.05) is 17.9 Å². The number of hydrogen-bond donors (Lipinski definition) is 1. The van der Waals surface area contributed by atoms with Gasteiger partial charge in [-0.25, -0.2) is 17.2 Å². The fourth-order valence-electron chi connectivity index (χ4n) is 1.37. The van der Waals surface area contributed by atoms with E-state index in [1.165, 1.54) is 0 Å². The molecule has 6 heteroatoms. The zero-order valence-corrected chi connectivity index (χ0v) is 9.81. The van der Waals surface area contributed by atoms with E-state index in [1.54, 1.807) is 6.92 Å². The molecule has 16 heavy (non-hydrogen) atoms. The van der Waals surface area contributed by atoms with Crippen molar-refractivity contribution in [3.8, 4) is 0 Å². The van der Waals surface area contributed by atoms with Crippen LogP contribution >= 0.6 is 0 Å². The molecule has 1 aromatic carbocycles. The number of rotatable bonds is 3. The average molecular weight is 249 g/mol. The quantitative estimate of drug-likeness (QED) is 0.820. The molecule has 0 radical (unpaired) electrons. The Balaban J connectivity index is 3.39. The lowest BCUT2D eigenvalue weighted by molar-refractivity contribution is 0.519. The summed E-state index contributed by atoms with van der Waals surface area (Å²) in [6.07, 6.45) is 0.833. The molecule has 0 aliphatic heterocycles.